The van der Waals surface area contributed by atoms with Crippen LogP contribution in [0.3, 0.4) is 0 Å². The third kappa shape index (κ3) is 20.7. The molecule has 24 atom stereocenters. The molecular formula is C86H117ClN8O21. The van der Waals surface area contributed by atoms with E-state index in [9.17, 15) is 48.3 Å². The van der Waals surface area contributed by atoms with Crippen molar-refractivity contribution in [3.63, 3.8) is 0 Å². The second-order valence-electron chi connectivity index (χ2n) is 32.4. The molecule has 3 aromatic heterocycles. The Morgan fingerprint density at radius 1 is 0.698 bits per heavy atom. The number of hydrogen-bond acceptors (Lipinski definition) is 26. The van der Waals surface area contributed by atoms with E-state index in [-0.39, 0.29) is 73.7 Å². The number of amides is 1. The van der Waals surface area contributed by atoms with Gasteiger partial charge in [0.1, 0.15) is 35.2 Å². The molecule has 30 heteroatoms. The van der Waals surface area contributed by atoms with Gasteiger partial charge >= 0.3 is 30.1 Å². The molecule has 4 saturated heterocycles. The molecule has 634 valence electrons. The first-order valence-electron chi connectivity index (χ1n) is 39.8. The maximum atomic E-state index is 14.8. The van der Waals surface area contributed by atoms with Gasteiger partial charge in [0.15, 0.2) is 48.2 Å². The third-order valence-electron chi connectivity index (χ3n) is 23.6. The maximum absolute atomic E-state index is 14.8. The van der Waals surface area contributed by atoms with Crippen molar-refractivity contribution in [3.05, 3.63) is 102 Å². The smallest absolute Gasteiger partial charge is 0.421 e. The number of terminal acetylenes is 2. The van der Waals surface area contributed by atoms with Crippen LogP contribution in [-0.2, 0) is 87.4 Å². The largest absolute Gasteiger partial charge is 0.456 e. The Labute approximate surface area is 686 Å². The number of pyridine rings is 1. The van der Waals surface area contributed by atoms with Crippen LogP contribution in [-0.4, -0.2) is 248 Å². The molecule has 4 fully saturated rings. The van der Waals surface area contributed by atoms with E-state index in [1.165, 1.54) is 64.7 Å². The molecular weight excluding hydrogens is 1520 g/mol. The number of carbonyl (C=O) groups is 9. The molecule has 0 bridgehead atoms. The minimum atomic E-state index is -2.04. The summed E-state index contributed by atoms with van der Waals surface area (Å²) in [6.07, 6.45) is 14.0. The van der Waals surface area contributed by atoms with E-state index < -0.39 is 161 Å². The molecule has 0 saturated carbocycles. The summed E-state index contributed by atoms with van der Waals surface area (Å²) < 4.78 is 71.2. The first-order chi connectivity index (χ1) is 54.7. The zero-order valence-electron chi connectivity index (χ0n) is 70.4. The van der Waals surface area contributed by atoms with Crippen LogP contribution in [0.25, 0.3) is 11.3 Å². The average molecular weight is 1630 g/mol. The van der Waals surface area contributed by atoms with Crippen LogP contribution in [0.15, 0.2) is 91.6 Å². The Bertz CT molecular complexity index is 4200. The minimum absolute atomic E-state index is 0.0254. The molecule has 1 N–H and O–H groups in total. The number of unbranched alkanes of at least 4 members (excludes halogenated alkanes) is 1. The summed E-state index contributed by atoms with van der Waals surface area (Å²) in [5.41, 5.74) is -4.53. The highest BCUT2D eigenvalue weighted by Crippen LogP contribution is 2.45. The van der Waals surface area contributed by atoms with E-state index in [0.717, 1.165) is 15.8 Å². The SMILES string of the molecule is C#C[C@]1(OC(=O)n2ccnc2)/C=C(\C)C(=O)[C@H](C)C[C@](C)(OC)[C@H](OC2O[C@H](C)C[C@H](N(C)C)[C@H]2OC(=O)c2ccccc2)[C@@H](C)C(=O)[C@@H](C)C(=O)O[C@@H]1CC.C#C[C@]12OC(=O)N(CCCCn3cnc(-c4ccc(Cl)nc4)c3)[C@@H]1[C@@H](C)C(=O)[C@H](C)C[C@](C)(OC)[C@H](OC1O[C@H](C)C[C@H](N(C)C)[C@H]1O)[C@@H](C)C(=O)[C@@H](C)C(=O)O[C@@H]2CC. The molecule has 4 aromatic rings. The number of aliphatic hydroxyl groups excluding tert-OH is 1. The van der Waals surface area contributed by atoms with Gasteiger partial charge < -0.3 is 71.6 Å². The van der Waals surface area contributed by atoms with Gasteiger partial charge in [-0.1, -0.05) is 90.1 Å². The number of allylic oxidation sites excluding steroid dienone is 1. The fraction of sp³-hybridized carbons (Fsp3) is 0.628. The first kappa shape index (κ1) is 92.9. The van der Waals surface area contributed by atoms with Gasteiger partial charge in [0, 0.05) is 93.3 Å². The number of carbonyl (C=O) groups excluding carboxylic acids is 9. The zero-order valence-corrected chi connectivity index (χ0v) is 71.2. The molecule has 0 aliphatic carbocycles. The predicted molar refractivity (Wildman–Crippen MR) is 427 cm³/mol. The number of ketones is 4. The van der Waals surface area contributed by atoms with Crippen LogP contribution in [0, 0.1) is 66.1 Å². The lowest BCUT2D eigenvalue weighted by Crippen LogP contribution is -2.60. The number of esters is 3. The molecule has 29 nitrogen and oxygen atoms in total. The van der Waals surface area contributed by atoms with Gasteiger partial charge in [-0.3, -0.25) is 33.7 Å². The number of imidazole rings is 2. The second-order valence-corrected chi connectivity index (χ2v) is 32.8. The number of Topliss-reactive ketones (excluding diaryl/α,β-unsaturated/α-hetero) is 4. The Balaban J connectivity index is 0.000000291. The fourth-order valence-electron chi connectivity index (χ4n) is 16.8. The molecule has 1 aromatic carbocycles. The van der Waals surface area contributed by atoms with E-state index in [1.807, 2.05) is 68.7 Å². The molecule has 1 amide bonds. The number of cyclic esters (lactones) is 2. The van der Waals surface area contributed by atoms with Crippen LogP contribution in [0.1, 0.15) is 159 Å². The summed E-state index contributed by atoms with van der Waals surface area (Å²) >= 11 is 5.95. The van der Waals surface area contributed by atoms with Crippen molar-refractivity contribution in [1.82, 2.24) is 38.8 Å². The second kappa shape index (κ2) is 39.8. The number of halogens is 1. The van der Waals surface area contributed by atoms with Gasteiger partial charge in [0.2, 0.25) is 11.2 Å². The van der Waals surface area contributed by atoms with Gasteiger partial charge in [-0.15, -0.1) is 12.8 Å². The number of benzene rings is 1. The van der Waals surface area contributed by atoms with Gasteiger partial charge in [0.25, 0.3) is 0 Å². The van der Waals surface area contributed by atoms with Crippen LogP contribution in [0.2, 0.25) is 5.15 Å². The Morgan fingerprint density at radius 3 is 1.79 bits per heavy atom. The fourth-order valence-corrected chi connectivity index (χ4v) is 16.9. The molecule has 0 radical (unpaired) electrons. The van der Waals surface area contributed by atoms with Gasteiger partial charge in [0.05, 0.1) is 65.3 Å². The van der Waals surface area contributed by atoms with Crippen LogP contribution in [0.4, 0.5) is 9.59 Å². The standard InChI is InChI=1S/C44H62ClN5O10.C42H55N3O11/c1-12-33-44(13-2)38(50(42(55)60-44)19-15-14-18-49-23-31(47-24-49)30-16-17-34(45)46-22-30)27(5)35(51)25(3)21-43(8,56-11)39(28(6)36(52)29(7)40(54)58-33)59-41-37(53)32(48(9)10)20-26(4)57-41;1-12-32-42(13-2,56-40(50)45-20-19-43-24-45)23-26(4)33(46)25(3)22-41(8,51-11)36(28(6)34(47)29(7)37(48)53-32)55-39-35(31(44(9)10)21-27(5)52-39)54-38(49)30-17-15-14-16-18-30/h2,16-17,22-29,32-33,37-39,41,53H,12,14-15,18-21H2,1,3-11H3;2,14-20,23-25,27-29,31-32,35-36,39H,12,21-22H2,1,3-11H3/b;26-23+/t25-,26-,27+,28+,29-,32+,33-,37-,38-,39-,41?,43+,44-;25-,27-,28+,29-,31+,32-,35-,36-,39?,41+,42+/m11/s1. The quantitative estimate of drug-likeness (QED) is 0.0228. The molecule has 0 spiro atoms. The number of nitrogens with zero attached hydrogens (tertiary/aromatic N) is 8. The molecule has 9 rings (SSSR count). The maximum Gasteiger partial charge on any atom is 0.421 e. The van der Waals surface area contributed by atoms with Crippen molar-refractivity contribution in [2.45, 2.75) is 257 Å². The number of methoxy groups -OCH3 is 2. The molecule has 5 aliphatic rings. The van der Waals surface area contributed by atoms with Crippen molar-refractivity contribution >= 4 is 64.8 Å². The van der Waals surface area contributed by atoms with E-state index in [4.69, 9.17) is 76.6 Å². The monoisotopic (exact) mass is 1630 g/mol. The summed E-state index contributed by atoms with van der Waals surface area (Å²) in [5, 5.41) is 11.8. The average Bonchev–Trinajstić information content (AvgIpc) is 1.57. The van der Waals surface area contributed by atoms with E-state index in [0.29, 0.717) is 42.9 Å². The highest BCUT2D eigenvalue weighted by Gasteiger charge is 2.63. The van der Waals surface area contributed by atoms with Crippen molar-refractivity contribution in [1.29, 1.82) is 0 Å². The zero-order chi connectivity index (χ0) is 85.8. The van der Waals surface area contributed by atoms with Crippen LogP contribution < -0.4 is 0 Å². The number of aromatic nitrogens is 5. The van der Waals surface area contributed by atoms with E-state index >= 15 is 0 Å². The van der Waals surface area contributed by atoms with Crippen molar-refractivity contribution in [2.75, 3.05) is 49.0 Å². The first-order valence-corrected chi connectivity index (χ1v) is 40.2. The summed E-state index contributed by atoms with van der Waals surface area (Å²) in [7, 11) is 10.4. The lowest BCUT2D eigenvalue weighted by atomic mass is 9.73. The third-order valence-corrected chi connectivity index (χ3v) is 23.8. The normalized spacial score (nSPS) is 35.1. The number of aliphatic hydroxyl groups is 1. The van der Waals surface area contributed by atoms with Gasteiger partial charge in [-0.05, 0) is 164 Å². The molecule has 2 unspecified atom stereocenters. The number of hydrogen-bond donors (Lipinski definition) is 1. The topological polar surface area (TPSA) is 334 Å². The van der Waals surface area contributed by atoms with Gasteiger partial charge in [-0.25, -0.2) is 33.9 Å². The number of rotatable bonds is 19. The summed E-state index contributed by atoms with van der Waals surface area (Å²) in [4.78, 5) is 144. The number of fused-ring (bicyclic) bond motifs is 1. The summed E-state index contributed by atoms with van der Waals surface area (Å²) in [6.45, 7) is 24.2. The van der Waals surface area contributed by atoms with Crippen molar-refractivity contribution in [3.8, 4) is 35.9 Å². The van der Waals surface area contributed by atoms with Gasteiger partial charge in [-0.2, -0.15) is 0 Å². The summed E-state index contributed by atoms with van der Waals surface area (Å²) in [5.74, 6) is -6.03. The van der Waals surface area contributed by atoms with E-state index in [1.54, 1.807) is 111 Å². The highest BCUT2D eigenvalue weighted by molar-refractivity contribution is 6.29. The predicted octanol–water partition coefficient (Wildman–Crippen LogP) is 10.2. The molecule has 116 heavy (non-hydrogen) atoms. The van der Waals surface area contributed by atoms with Crippen LogP contribution >= 0.6 is 11.6 Å². The minimum Gasteiger partial charge on any atom is -0.456 e. The van der Waals surface area contributed by atoms with E-state index in [2.05, 4.69) is 26.8 Å². The Morgan fingerprint density at radius 2 is 1.26 bits per heavy atom. The van der Waals surface area contributed by atoms with Crippen molar-refractivity contribution in [2.24, 2.45) is 41.4 Å². The molecule has 8 heterocycles. The molecule has 5 aliphatic heterocycles. The number of likely N-dealkylation sites (N-methyl/N-ethyl adjacent to an activating group) is 2. The lowest BCUT2D eigenvalue weighted by molar-refractivity contribution is -0.295. The Kier molecular flexibility index (Phi) is 31.9. The Hall–Kier alpha value is -8.59. The lowest BCUT2D eigenvalue weighted by Gasteiger charge is -2.47. The van der Waals surface area contributed by atoms with Crippen molar-refractivity contribution < 1.29 is 100 Å². The summed E-state index contributed by atoms with van der Waals surface area (Å²) in [6, 6.07) is 10.4. The number of ether oxygens (including phenoxy) is 11. The number of aryl methyl sites for hydroxylation is 1. The van der Waals surface area contributed by atoms with Crippen LogP contribution in [0.5, 0.6) is 0 Å². The highest BCUT2D eigenvalue weighted by atomic mass is 35.5.